The molecule has 0 saturated carbocycles. The first-order valence-corrected chi connectivity index (χ1v) is 8.78. The molecule has 128 valence electrons. The van der Waals surface area contributed by atoms with E-state index >= 15 is 0 Å². The van der Waals surface area contributed by atoms with Crippen LogP contribution in [0.2, 0.25) is 0 Å². The van der Waals surface area contributed by atoms with Crippen LogP contribution in [0.1, 0.15) is 26.3 Å². The van der Waals surface area contributed by atoms with Gasteiger partial charge in [-0.25, -0.2) is 0 Å². The molecule has 1 aromatic carbocycles. The maximum Gasteiger partial charge on any atom is 0.266 e. The van der Waals surface area contributed by atoms with Crippen LogP contribution in [-0.2, 0) is 9.59 Å². The Balaban J connectivity index is 2.25. The Morgan fingerprint density at radius 3 is 2.50 bits per heavy atom. The van der Waals surface area contributed by atoms with Crippen molar-refractivity contribution in [2.24, 2.45) is 5.92 Å². The van der Waals surface area contributed by atoms with Crippen molar-refractivity contribution in [2.45, 2.75) is 26.8 Å². The number of rotatable bonds is 6. The molecular weight excluding hydrogens is 346 g/mol. The zero-order chi connectivity index (χ0) is 17.9. The first-order valence-electron chi connectivity index (χ1n) is 7.56. The molecular formula is C17H18NO4S2-. The summed E-state index contributed by atoms with van der Waals surface area (Å²) in [5.41, 5.74) is 0.813. The zero-order valence-corrected chi connectivity index (χ0v) is 15.3. The fourth-order valence-electron chi connectivity index (χ4n) is 2.37. The van der Waals surface area contributed by atoms with E-state index in [1.54, 1.807) is 19.9 Å². The summed E-state index contributed by atoms with van der Waals surface area (Å²) >= 11 is 6.30. The van der Waals surface area contributed by atoms with E-state index < -0.39 is 17.9 Å². The zero-order valence-electron chi connectivity index (χ0n) is 13.6. The van der Waals surface area contributed by atoms with E-state index in [1.807, 2.05) is 31.2 Å². The summed E-state index contributed by atoms with van der Waals surface area (Å²) in [6, 6.07) is 6.22. The van der Waals surface area contributed by atoms with Gasteiger partial charge in [0.05, 0.1) is 23.5 Å². The smallest absolute Gasteiger partial charge is 0.266 e. The molecule has 1 aromatic rings. The number of carbonyl (C=O) groups excluding carboxylic acids is 2. The van der Waals surface area contributed by atoms with Gasteiger partial charge < -0.3 is 14.6 Å². The Kier molecular flexibility index (Phi) is 6.01. The molecule has 2 rings (SSSR count). The molecule has 24 heavy (non-hydrogen) atoms. The minimum atomic E-state index is -1.30. The van der Waals surface area contributed by atoms with Crippen molar-refractivity contribution in [3.63, 3.8) is 0 Å². The number of amides is 1. The number of nitrogens with zero attached hydrogens (tertiary/aromatic N) is 1. The standard InChI is InChI=1S/C17H19NO4S2/c1-4-22-12-7-5-11(6-8-12)9-13-15(19)18(17(23)24-13)14(10(2)3)16(20)21/h5-10,14H,4H2,1-3H3,(H,20,21)/p-1/b13-9-/t14-/m1/s1. The summed E-state index contributed by atoms with van der Waals surface area (Å²) in [5.74, 6) is -1.26. The number of hydrogen-bond acceptors (Lipinski definition) is 6. The number of benzene rings is 1. The average molecular weight is 364 g/mol. The van der Waals surface area contributed by atoms with Crippen molar-refractivity contribution >= 4 is 46.3 Å². The molecule has 0 bridgehead atoms. The van der Waals surface area contributed by atoms with Gasteiger partial charge in [-0.3, -0.25) is 9.69 Å². The number of ether oxygens (including phenoxy) is 1. The van der Waals surface area contributed by atoms with E-state index in [2.05, 4.69) is 0 Å². The van der Waals surface area contributed by atoms with Crippen LogP contribution in [0.3, 0.4) is 0 Å². The lowest BCUT2D eigenvalue weighted by atomic mass is 10.0. The Labute approximate surface area is 150 Å². The highest BCUT2D eigenvalue weighted by Gasteiger charge is 2.38. The van der Waals surface area contributed by atoms with Gasteiger partial charge in [0.25, 0.3) is 5.91 Å². The molecule has 0 unspecified atom stereocenters. The normalized spacial score (nSPS) is 17.7. The van der Waals surface area contributed by atoms with Gasteiger partial charge in [-0.1, -0.05) is 50.0 Å². The average Bonchev–Trinajstić information content (AvgIpc) is 2.77. The molecule has 1 fully saturated rings. The molecule has 0 spiro atoms. The number of carboxylic acids is 1. The van der Waals surface area contributed by atoms with Crippen LogP contribution >= 0.6 is 24.0 Å². The summed E-state index contributed by atoms with van der Waals surface area (Å²) < 4.78 is 5.61. The maximum absolute atomic E-state index is 12.6. The summed E-state index contributed by atoms with van der Waals surface area (Å²) in [7, 11) is 0. The highest BCUT2D eigenvalue weighted by Crippen LogP contribution is 2.35. The number of carbonyl (C=O) groups is 2. The monoisotopic (exact) mass is 364 g/mol. The highest BCUT2D eigenvalue weighted by atomic mass is 32.2. The number of aliphatic carboxylic acids is 1. The SMILES string of the molecule is CCOc1ccc(/C=C2\SC(=S)N([C@@H](C(=O)[O-])C(C)C)C2=O)cc1. The van der Waals surface area contributed by atoms with Crippen LogP contribution in [0.15, 0.2) is 29.2 Å². The van der Waals surface area contributed by atoms with Gasteiger partial charge in [-0.05, 0) is 36.6 Å². The molecule has 1 aliphatic heterocycles. The Morgan fingerprint density at radius 1 is 1.38 bits per heavy atom. The van der Waals surface area contributed by atoms with Crippen molar-refractivity contribution < 1.29 is 19.4 Å². The summed E-state index contributed by atoms with van der Waals surface area (Å²) in [5, 5.41) is 11.4. The maximum atomic E-state index is 12.6. The third-order valence-corrected chi connectivity index (χ3v) is 4.79. The molecule has 1 aliphatic rings. The lowest BCUT2D eigenvalue weighted by Gasteiger charge is -2.30. The van der Waals surface area contributed by atoms with E-state index in [-0.39, 0.29) is 10.2 Å². The lowest BCUT2D eigenvalue weighted by molar-refractivity contribution is -0.311. The van der Waals surface area contributed by atoms with Crippen molar-refractivity contribution in [3.8, 4) is 5.75 Å². The van der Waals surface area contributed by atoms with Crippen LogP contribution in [0.4, 0.5) is 0 Å². The molecule has 0 aromatic heterocycles. The first-order chi connectivity index (χ1) is 11.3. The molecule has 5 nitrogen and oxygen atoms in total. The third-order valence-electron chi connectivity index (χ3n) is 3.46. The van der Waals surface area contributed by atoms with E-state index in [0.717, 1.165) is 28.0 Å². The lowest BCUT2D eigenvalue weighted by Crippen LogP contribution is -2.52. The second-order valence-corrected chi connectivity index (χ2v) is 7.24. The fraction of sp³-hybridized carbons (Fsp3) is 0.353. The summed E-state index contributed by atoms with van der Waals surface area (Å²) in [4.78, 5) is 25.5. The number of hydrogen-bond donors (Lipinski definition) is 0. The van der Waals surface area contributed by atoms with Gasteiger partial charge in [0.2, 0.25) is 0 Å². The van der Waals surface area contributed by atoms with Crippen molar-refractivity contribution in [1.29, 1.82) is 0 Å². The Hall–Kier alpha value is -1.86. The molecule has 1 heterocycles. The quantitative estimate of drug-likeness (QED) is 0.568. The molecule has 1 saturated heterocycles. The Bertz CT molecular complexity index is 682. The summed E-state index contributed by atoms with van der Waals surface area (Å²) in [6.07, 6.45) is 1.70. The molecule has 7 heteroatoms. The van der Waals surface area contributed by atoms with Gasteiger partial charge in [-0.2, -0.15) is 0 Å². The van der Waals surface area contributed by atoms with Crippen LogP contribution in [0.5, 0.6) is 5.75 Å². The predicted octanol–water partition coefficient (Wildman–Crippen LogP) is 2.06. The minimum absolute atomic E-state index is 0.236. The number of carboxylic acid groups (broad SMARTS) is 1. The van der Waals surface area contributed by atoms with Gasteiger partial charge >= 0.3 is 0 Å². The second kappa shape index (κ2) is 7.81. The van der Waals surface area contributed by atoms with E-state index in [1.165, 1.54) is 0 Å². The molecule has 1 atom stereocenters. The minimum Gasteiger partial charge on any atom is -0.548 e. The van der Waals surface area contributed by atoms with E-state index in [0.29, 0.717) is 11.5 Å². The van der Waals surface area contributed by atoms with Crippen LogP contribution in [0, 0.1) is 5.92 Å². The molecule has 0 aliphatic carbocycles. The predicted molar refractivity (Wildman–Crippen MR) is 96.3 cm³/mol. The second-order valence-electron chi connectivity index (χ2n) is 5.56. The molecule has 0 radical (unpaired) electrons. The van der Waals surface area contributed by atoms with Crippen LogP contribution in [-0.4, -0.2) is 33.7 Å². The van der Waals surface area contributed by atoms with Crippen LogP contribution in [0.25, 0.3) is 6.08 Å². The summed E-state index contributed by atoms with van der Waals surface area (Å²) in [6.45, 7) is 5.92. The largest absolute Gasteiger partial charge is 0.548 e. The van der Waals surface area contributed by atoms with Gasteiger partial charge in [0.15, 0.2) is 0 Å². The van der Waals surface area contributed by atoms with Crippen LogP contribution < -0.4 is 9.84 Å². The van der Waals surface area contributed by atoms with Crippen molar-refractivity contribution in [3.05, 3.63) is 34.7 Å². The molecule has 1 amide bonds. The number of thioether (sulfide) groups is 1. The highest BCUT2D eigenvalue weighted by molar-refractivity contribution is 8.26. The Morgan fingerprint density at radius 2 is 2.00 bits per heavy atom. The van der Waals surface area contributed by atoms with E-state index in [9.17, 15) is 14.7 Å². The molecule has 0 N–H and O–H groups in total. The van der Waals surface area contributed by atoms with Crippen molar-refractivity contribution in [1.82, 2.24) is 4.90 Å². The van der Waals surface area contributed by atoms with Gasteiger partial charge in [0, 0.05) is 0 Å². The van der Waals surface area contributed by atoms with Gasteiger partial charge in [-0.15, -0.1) is 0 Å². The van der Waals surface area contributed by atoms with Gasteiger partial charge in [0.1, 0.15) is 10.1 Å². The fourth-order valence-corrected chi connectivity index (χ4v) is 3.70. The third kappa shape index (κ3) is 3.96. The van der Waals surface area contributed by atoms with E-state index in [4.69, 9.17) is 17.0 Å². The first kappa shape index (κ1) is 18.5. The topological polar surface area (TPSA) is 69.7 Å². The van der Waals surface area contributed by atoms with Crippen molar-refractivity contribution in [2.75, 3.05) is 6.61 Å². The number of thiocarbonyl (C=S) groups is 1.